The molecule has 1 aliphatic rings. The van der Waals surface area contributed by atoms with Crippen LogP contribution in [0.5, 0.6) is 0 Å². The first-order valence-electron chi connectivity index (χ1n) is 5.57. The Labute approximate surface area is 95.9 Å². The molecule has 0 aliphatic carbocycles. The van der Waals surface area contributed by atoms with Crippen LogP contribution in [0.3, 0.4) is 0 Å². The molecule has 0 radical (unpaired) electrons. The van der Waals surface area contributed by atoms with E-state index in [4.69, 9.17) is 0 Å². The number of thioether (sulfide) groups is 1. The van der Waals surface area contributed by atoms with Crippen molar-refractivity contribution in [1.82, 2.24) is 0 Å². The minimum atomic E-state index is -0.588. The SMILES string of the molecule is CCc1cccc(C2(O)CSC(C)C2)c1. The number of aliphatic hydroxyl groups is 1. The predicted molar refractivity (Wildman–Crippen MR) is 66.3 cm³/mol. The van der Waals surface area contributed by atoms with Crippen LogP contribution < -0.4 is 0 Å². The van der Waals surface area contributed by atoms with E-state index in [0.29, 0.717) is 5.25 Å². The highest BCUT2D eigenvalue weighted by Gasteiger charge is 2.37. The summed E-state index contributed by atoms with van der Waals surface area (Å²) < 4.78 is 0. The van der Waals surface area contributed by atoms with Crippen LogP contribution in [0.15, 0.2) is 24.3 Å². The van der Waals surface area contributed by atoms with Crippen LogP contribution in [0.1, 0.15) is 31.4 Å². The monoisotopic (exact) mass is 222 g/mol. The molecule has 2 atom stereocenters. The first kappa shape index (κ1) is 11.0. The van der Waals surface area contributed by atoms with E-state index in [1.165, 1.54) is 5.56 Å². The molecule has 0 bridgehead atoms. The van der Waals surface area contributed by atoms with E-state index < -0.39 is 5.60 Å². The maximum absolute atomic E-state index is 10.5. The van der Waals surface area contributed by atoms with Crippen LogP contribution in [-0.4, -0.2) is 16.1 Å². The van der Waals surface area contributed by atoms with Crippen molar-refractivity contribution in [2.45, 2.75) is 37.5 Å². The lowest BCUT2D eigenvalue weighted by atomic mass is 9.90. The highest BCUT2D eigenvalue weighted by atomic mass is 32.2. The molecule has 0 aromatic heterocycles. The van der Waals surface area contributed by atoms with Gasteiger partial charge in [-0.05, 0) is 24.0 Å². The van der Waals surface area contributed by atoms with Crippen LogP contribution in [0.2, 0.25) is 0 Å². The molecule has 1 aliphatic heterocycles. The van der Waals surface area contributed by atoms with Gasteiger partial charge in [0, 0.05) is 11.0 Å². The Morgan fingerprint density at radius 2 is 2.33 bits per heavy atom. The molecule has 2 rings (SSSR count). The first-order valence-corrected chi connectivity index (χ1v) is 6.62. The van der Waals surface area contributed by atoms with Crippen molar-refractivity contribution in [3.8, 4) is 0 Å². The zero-order valence-corrected chi connectivity index (χ0v) is 10.2. The van der Waals surface area contributed by atoms with Gasteiger partial charge >= 0.3 is 0 Å². The Kier molecular flexibility index (Phi) is 3.08. The van der Waals surface area contributed by atoms with E-state index in [9.17, 15) is 5.11 Å². The largest absolute Gasteiger partial charge is 0.384 e. The Balaban J connectivity index is 2.28. The van der Waals surface area contributed by atoms with Crippen molar-refractivity contribution in [2.24, 2.45) is 0 Å². The molecule has 0 spiro atoms. The normalized spacial score (nSPS) is 30.7. The number of aryl methyl sites for hydroxylation is 1. The second-order valence-corrected chi connectivity index (χ2v) is 5.84. The fraction of sp³-hybridized carbons (Fsp3) is 0.538. The summed E-state index contributed by atoms with van der Waals surface area (Å²) in [5, 5.41) is 11.1. The van der Waals surface area contributed by atoms with Gasteiger partial charge in [0.1, 0.15) is 0 Å². The Bertz CT molecular complexity index is 350. The number of benzene rings is 1. The van der Waals surface area contributed by atoms with E-state index in [2.05, 4.69) is 38.1 Å². The molecule has 1 N–H and O–H groups in total. The van der Waals surface area contributed by atoms with E-state index in [1.807, 2.05) is 11.8 Å². The molecule has 1 aromatic carbocycles. The second kappa shape index (κ2) is 4.18. The maximum Gasteiger partial charge on any atom is 0.0997 e. The molecule has 82 valence electrons. The van der Waals surface area contributed by atoms with Crippen molar-refractivity contribution in [3.05, 3.63) is 35.4 Å². The fourth-order valence-corrected chi connectivity index (χ4v) is 3.39. The van der Waals surface area contributed by atoms with Gasteiger partial charge in [0.05, 0.1) is 5.60 Å². The minimum absolute atomic E-state index is 0.570. The van der Waals surface area contributed by atoms with Gasteiger partial charge < -0.3 is 5.11 Å². The molecule has 1 fully saturated rings. The van der Waals surface area contributed by atoms with E-state index in [1.54, 1.807) is 0 Å². The summed E-state index contributed by atoms with van der Waals surface area (Å²) in [6.45, 7) is 4.33. The molecule has 0 amide bonds. The third-order valence-corrected chi connectivity index (χ3v) is 4.48. The molecule has 2 heteroatoms. The van der Waals surface area contributed by atoms with Gasteiger partial charge in [-0.2, -0.15) is 11.8 Å². The molecule has 15 heavy (non-hydrogen) atoms. The average Bonchev–Trinajstić information content (AvgIpc) is 2.60. The molecule has 1 saturated heterocycles. The Morgan fingerprint density at radius 3 is 2.93 bits per heavy atom. The highest BCUT2D eigenvalue weighted by Crippen LogP contribution is 2.41. The second-order valence-electron chi connectivity index (χ2n) is 4.41. The first-order chi connectivity index (χ1) is 7.14. The Hall–Kier alpha value is -0.470. The predicted octanol–water partition coefficient (Wildman–Crippen LogP) is 2.96. The standard InChI is InChI=1S/C13H18OS/c1-3-11-5-4-6-12(7-11)13(14)8-10(2)15-9-13/h4-7,10,14H,3,8-9H2,1-2H3. The lowest BCUT2D eigenvalue weighted by Gasteiger charge is -2.22. The van der Waals surface area contributed by atoms with E-state index in [0.717, 1.165) is 24.2 Å². The topological polar surface area (TPSA) is 20.2 Å². The summed E-state index contributed by atoms with van der Waals surface area (Å²) in [5.41, 5.74) is 1.82. The van der Waals surface area contributed by atoms with Gasteiger partial charge in [-0.25, -0.2) is 0 Å². The number of hydrogen-bond acceptors (Lipinski definition) is 2. The summed E-state index contributed by atoms with van der Waals surface area (Å²) in [6.07, 6.45) is 1.91. The number of hydrogen-bond donors (Lipinski definition) is 1. The van der Waals surface area contributed by atoms with Crippen molar-refractivity contribution in [1.29, 1.82) is 0 Å². The molecule has 0 saturated carbocycles. The smallest absolute Gasteiger partial charge is 0.0997 e. The zero-order valence-electron chi connectivity index (χ0n) is 9.36. The van der Waals surface area contributed by atoms with Crippen molar-refractivity contribution < 1.29 is 5.11 Å². The molecule has 2 unspecified atom stereocenters. The van der Waals surface area contributed by atoms with Gasteiger partial charge in [0.25, 0.3) is 0 Å². The van der Waals surface area contributed by atoms with E-state index >= 15 is 0 Å². The highest BCUT2D eigenvalue weighted by molar-refractivity contribution is 8.00. The molecule has 1 nitrogen and oxygen atoms in total. The summed E-state index contributed by atoms with van der Waals surface area (Å²) in [6, 6.07) is 8.38. The van der Waals surface area contributed by atoms with Gasteiger partial charge in [0.2, 0.25) is 0 Å². The quantitative estimate of drug-likeness (QED) is 0.830. The molecule has 1 heterocycles. The zero-order chi connectivity index (χ0) is 10.9. The minimum Gasteiger partial charge on any atom is -0.384 e. The Morgan fingerprint density at radius 1 is 1.53 bits per heavy atom. The van der Waals surface area contributed by atoms with Crippen molar-refractivity contribution in [3.63, 3.8) is 0 Å². The van der Waals surface area contributed by atoms with Crippen LogP contribution in [0.4, 0.5) is 0 Å². The van der Waals surface area contributed by atoms with Gasteiger partial charge in [-0.15, -0.1) is 0 Å². The summed E-state index contributed by atoms with van der Waals surface area (Å²) in [4.78, 5) is 0. The summed E-state index contributed by atoms with van der Waals surface area (Å²) in [7, 11) is 0. The maximum atomic E-state index is 10.5. The summed E-state index contributed by atoms with van der Waals surface area (Å²) >= 11 is 1.86. The van der Waals surface area contributed by atoms with Crippen molar-refractivity contribution >= 4 is 11.8 Å². The van der Waals surface area contributed by atoms with E-state index in [-0.39, 0.29) is 0 Å². The van der Waals surface area contributed by atoms with Crippen molar-refractivity contribution in [2.75, 3.05) is 5.75 Å². The van der Waals surface area contributed by atoms with Crippen LogP contribution in [0.25, 0.3) is 0 Å². The lowest BCUT2D eigenvalue weighted by molar-refractivity contribution is 0.0611. The molecular weight excluding hydrogens is 204 g/mol. The number of rotatable bonds is 2. The summed E-state index contributed by atoms with van der Waals surface area (Å²) in [5.74, 6) is 0.835. The average molecular weight is 222 g/mol. The van der Waals surface area contributed by atoms with Crippen LogP contribution in [-0.2, 0) is 12.0 Å². The lowest BCUT2D eigenvalue weighted by Crippen LogP contribution is -2.25. The van der Waals surface area contributed by atoms with Crippen LogP contribution >= 0.6 is 11.8 Å². The third kappa shape index (κ3) is 2.21. The fourth-order valence-electron chi connectivity index (χ4n) is 2.16. The van der Waals surface area contributed by atoms with Gasteiger partial charge in [-0.1, -0.05) is 38.1 Å². The van der Waals surface area contributed by atoms with Crippen LogP contribution in [0, 0.1) is 0 Å². The molecular formula is C13H18OS. The molecule has 1 aromatic rings. The third-order valence-electron chi connectivity index (χ3n) is 3.10. The van der Waals surface area contributed by atoms with Gasteiger partial charge in [0.15, 0.2) is 0 Å². The van der Waals surface area contributed by atoms with Gasteiger partial charge in [-0.3, -0.25) is 0 Å².